The molecule has 3 heteroatoms. The van der Waals surface area contributed by atoms with E-state index < -0.39 is 0 Å². The minimum absolute atomic E-state index is 0.0811. The highest BCUT2D eigenvalue weighted by Crippen LogP contribution is 2.29. The summed E-state index contributed by atoms with van der Waals surface area (Å²) in [6.07, 6.45) is 3.95. The number of benzene rings is 1. The standard InChI is InChI=1S/C15H23BrN2/c1-11-4-3-8-18(9-7-11)13-5-6-14(12(2)17)15(16)10-13/h5-6,10-12H,3-4,7-9,17H2,1-2H3. The van der Waals surface area contributed by atoms with E-state index >= 15 is 0 Å². The van der Waals surface area contributed by atoms with Crippen molar-refractivity contribution in [2.24, 2.45) is 11.7 Å². The summed E-state index contributed by atoms with van der Waals surface area (Å²) >= 11 is 3.64. The van der Waals surface area contributed by atoms with Crippen molar-refractivity contribution < 1.29 is 0 Å². The maximum atomic E-state index is 5.94. The molecule has 2 unspecified atom stereocenters. The normalized spacial score (nSPS) is 22.7. The zero-order valence-corrected chi connectivity index (χ0v) is 12.9. The first kappa shape index (κ1) is 13.9. The second kappa shape index (κ2) is 6.07. The third-order valence-electron chi connectivity index (χ3n) is 3.86. The average Bonchev–Trinajstić information content (AvgIpc) is 2.53. The Balaban J connectivity index is 2.15. The lowest BCUT2D eigenvalue weighted by Crippen LogP contribution is -2.24. The van der Waals surface area contributed by atoms with Crippen LogP contribution >= 0.6 is 15.9 Å². The Morgan fingerprint density at radius 2 is 2.11 bits per heavy atom. The van der Waals surface area contributed by atoms with Crippen LogP contribution in [0.1, 0.15) is 44.7 Å². The largest absolute Gasteiger partial charge is 0.371 e. The van der Waals surface area contributed by atoms with Gasteiger partial charge in [-0.2, -0.15) is 0 Å². The molecule has 2 N–H and O–H groups in total. The lowest BCUT2D eigenvalue weighted by atomic mass is 10.0. The van der Waals surface area contributed by atoms with Gasteiger partial charge in [0.05, 0.1) is 0 Å². The monoisotopic (exact) mass is 310 g/mol. The van der Waals surface area contributed by atoms with E-state index in [0.29, 0.717) is 0 Å². The van der Waals surface area contributed by atoms with Crippen molar-refractivity contribution in [3.8, 4) is 0 Å². The first-order valence-electron chi connectivity index (χ1n) is 6.88. The Labute approximate surface area is 119 Å². The van der Waals surface area contributed by atoms with Crippen LogP contribution in [-0.4, -0.2) is 13.1 Å². The highest BCUT2D eigenvalue weighted by molar-refractivity contribution is 9.10. The Morgan fingerprint density at radius 1 is 1.33 bits per heavy atom. The van der Waals surface area contributed by atoms with Crippen LogP contribution in [0.5, 0.6) is 0 Å². The van der Waals surface area contributed by atoms with Gasteiger partial charge in [-0.15, -0.1) is 0 Å². The molecule has 0 spiro atoms. The number of hydrogen-bond acceptors (Lipinski definition) is 2. The highest BCUT2D eigenvalue weighted by Gasteiger charge is 2.15. The minimum atomic E-state index is 0.0811. The summed E-state index contributed by atoms with van der Waals surface area (Å²) in [7, 11) is 0. The van der Waals surface area contributed by atoms with E-state index in [2.05, 4.69) is 46.0 Å². The molecule has 2 atom stereocenters. The van der Waals surface area contributed by atoms with Crippen LogP contribution < -0.4 is 10.6 Å². The molecular weight excluding hydrogens is 288 g/mol. The van der Waals surface area contributed by atoms with Gasteiger partial charge in [-0.1, -0.05) is 28.9 Å². The van der Waals surface area contributed by atoms with Gasteiger partial charge in [0, 0.05) is 29.3 Å². The van der Waals surface area contributed by atoms with E-state index in [1.807, 2.05) is 6.92 Å². The van der Waals surface area contributed by atoms with Crippen LogP contribution in [0, 0.1) is 5.92 Å². The molecule has 0 radical (unpaired) electrons. The third-order valence-corrected chi connectivity index (χ3v) is 4.54. The summed E-state index contributed by atoms with van der Waals surface area (Å²) in [5, 5.41) is 0. The molecule has 1 fully saturated rings. The fourth-order valence-electron chi connectivity index (χ4n) is 2.60. The van der Waals surface area contributed by atoms with Crippen molar-refractivity contribution in [2.75, 3.05) is 18.0 Å². The lowest BCUT2D eigenvalue weighted by Gasteiger charge is -2.24. The Kier molecular flexibility index (Phi) is 4.68. The maximum absolute atomic E-state index is 5.94. The molecule has 100 valence electrons. The summed E-state index contributed by atoms with van der Waals surface area (Å²) in [6, 6.07) is 6.66. The summed E-state index contributed by atoms with van der Waals surface area (Å²) in [5.41, 5.74) is 8.44. The fourth-order valence-corrected chi connectivity index (χ4v) is 3.33. The molecule has 0 amide bonds. The molecule has 2 rings (SSSR count). The van der Waals surface area contributed by atoms with E-state index in [1.165, 1.54) is 43.6 Å². The number of anilines is 1. The smallest absolute Gasteiger partial charge is 0.0377 e. The van der Waals surface area contributed by atoms with Crippen molar-refractivity contribution in [1.82, 2.24) is 0 Å². The summed E-state index contributed by atoms with van der Waals surface area (Å²) < 4.78 is 1.13. The zero-order valence-electron chi connectivity index (χ0n) is 11.3. The summed E-state index contributed by atoms with van der Waals surface area (Å²) in [5.74, 6) is 0.863. The minimum Gasteiger partial charge on any atom is -0.371 e. The Bertz CT molecular complexity index is 403. The number of rotatable bonds is 2. The van der Waals surface area contributed by atoms with Gasteiger partial charge in [-0.3, -0.25) is 0 Å². The molecular formula is C15H23BrN2. The van der Waals surface area contributed by atoms with Crippen molar-refractivity contribution in [2.45, 2.75) is 39.2 Å². The Hall–Kier alpha value is -0.540. The predicted octanol–water partition coefficient (Wildman–Crippen LogP) is 4.10. The molecule has 1 saturated heterocycles. The first-order valence-corrected chi connectivity index (χ1v) is 7.67. The number of halogens is 1. The molecule has 0 saturated carbocycles. The molecule has 0 bridgehead atoms. The van der Waals surface area contributed by atoms with Crippen LogP contribution in [-0.2, 0) is 0 Å². The van der Waals surface area contributed by atoms with E-state index in [-0.39, 0.29) is 6.04 Å². The van der Waals surface area contributed by atoms with E-state index in [9.17, 15) is 0 Å². The van der Waals surface area contributed by atoms with Crippen LogP contribution in [0.4, 0.5) is 5.69 Å². The quantitative estimate of drug-likeness (QED) is 0.891. The zero-order chi connectivity index (χ0) is 13.1. The molecule has 1 aliphatic heterocycles. The highest BCUT2D eigenvalue weighted by atomic mass is 79.9. The van der Waals surface area contributed by atoms with Crippen molar-refractivity contribution in [1.29, 1.82) is 0 Å². The Morgan fingerprint density at radius 3 is 2.78 bits per heavy atom. The fraction of sp³-hybridized carbons (Fsp3) is 0.600. The average molecular weight is 311 g/mol. The van der Waals surface area contributed by atoms with E-state index in [1.54, 1.807) is 0 Å². The molecule has 1 aromatic rings. The van der Waals surface area contributed by atoms with Gasteiger partial charge >= 0.3 is 0 Å². The van der Waals surface area contributed by atoms with Crippen LogP contribution in [0.2, 0.25) is 0 Å². The topological polar surface area (TPSA) is 29.3 Å². The van der Waals surface area contributed by atoms with Crippen molar-refractivity contribution in [3.05, 3.63) is 28.2 Å². The van der Waals surface area contributed by atoms with Crippen LogP contribution in [0.3, 0.4) is 0 Å². The van der Waals surface area contributed by atoms with Crippen molar-refractivity contribution >= 4 is 21.6 Å². The van der Waals surface area contributed by atoms with Gasteiger partial charge < -0.3 is 10.6 Å². The summed E-state index contributed by atoms with van der Waals surface area (Å²) in [4.78, 5) is 2.50. The maximum Gasteiger partial charge on any atom is 0.0377 e. The predicted molar refractivity (Wildman–Crippen MR) is 82.0 cm³/mol. The molecule has 0 aromatic heterocycles. The van der Waals surface area contributed by atoms with Gasteiger partial charge in [-0.25, -0.2) is 0 Å². The second-order valence-electron chi connectivity index (χ2n) is 5.52. The first-order chi connectivity index (χ1) is 8.58. The van der Waals surface area contributed by atoms with E-state index in [4.69, 9.17) is 5.73 Å². The molecule has 1 aromatic carbocycles. The number of nitrogens with zero attached hydrogens (tertiary/aromatic N) is 1. The molecule has 2 nitrogen and oxygen atoms in total. The molecule has 0 aliphatic carbocycles. The molecule has 1 aliphatic rings. The SMILES string of the molecule is CC1CCCN(c2ccc(C(C)N)c(Br)c2)CC1. The van der Waals surface area contributed by atoms with Crippen molar-refractivity contribution in [3.63, 3.8) is 0 Å². The van der Waals surface area contributed by atoms with Gasteiger partial charge in [0.1, 0.15) is 0 Å². The second-order valence-corrected chi connectivity index (χ2v) is 6.37. The van der Waals surface area contributed by atoms with Crippen LogP contribution in [0.15, 0.2) is 22.7 Å². The van der Waals surface area contributed by atoms with Gasteiger partial charge in [-0.05, 0) is 49.8 Å². The number of nitrogens with two attached hydrogens (primary N) is 1. The third kappa shape index (κ3) is 3.27. The van der Waals surface area contributed by atoms with Gasteiger partial charge in [0.25, 0.3) is 0 Å². The van der Waals surface area contributed by atoms with Gasteiger partial charge in [0.2, 0.25) is 0 Å². The number of hydrogen-bond donors (Lipinski definition) is 1. The van der Waals surface area contributed by atoms with Crippen LogP contribution in [0.25, 0.3) is 0 Å². The molecule has 18 heavy (non-hydrogen) atoms. The van der Waals surface area contributed by atoms with E-state index in [0.717, 1.165) is 10.4 Å². The lowest BCUT2D eigenvalue weighted by molar-refractivity contribution is 0.521. The van der Waals surface area contributed by atoms with Gasteiger partial charge in [0.15, 0.2) is 0 Å². The summed E-state index contributed by atoms with van der Waals surface area (Å²) in [6.45, 7) is 6.73. The molecule has 1 heterocycles.